The van der Waals surface area contributed by atoms with Crippen LogP contribution in [0.5, 0.6) is 0 Å². The Kier molecular flexibility index (Phi) is 7.42. The minimum atomic E-state index is -0.907. The van der Waals surface area contributed by atoms with Crippen LogP contribution in [0.25, 0.3) is 0 Å². The Morgan fingerprint density at radius 2 is 1.85 bits per heavy atom. The van der Waals surface area contributed by atoms with Crippen LogP contribution in [0.2, 0.25) is 0 Å². The molecule has 0 heterocycles. The van der Waals surface area contributed by atoms with E-state index in [-0.39, 0.29) is 12.3 Å². The molecule has 20 heavy (non-hydrogen) atoms. The van der Waals surface area contributed by atoms with Crippen LogP contribution < -0.4 is 11.1 Å². The number of nitrogens with two attached hydrogens (primary N) is 1. The van der Waals surface area contributed by atoms with Gasteiger partial charge in [0.2, 0.25) is 5.91 Å². The highest BCUT2D eigenvalue weighted by Crippen LogP contribution is 2.09. The van der Waals surface area contributed by atoms with E-state index in [1.165, 1.54) is 0 Å². The van der Waals surface area contributed by atoms with Gasteiger partial charge in [0.1, 0.15) is 11.9 Å². The van der Waals surface area contributed by atoms with Crippen molar-refractivity contribution in [2.75, 3.05) is 0 Å². The van der Waals surface area contributed by atoms with Gasteiger partial charge in [-0.05, 0) is 33.1 Å². The second-order valence-electron chi connectivity index (χ2n) is 6.28. The van der Waals surface area contributed by atoms with Gasteiger partial charge in [-0.1, -0.05) is 13.8 Å². The number of esters is 1. The summed E-state index contributed by atoms with van der Waals surface area (Å²) in [6, 6.07) is -1.59. The molecule has 1 amide bonds. The molecule has 0 unspecified atom stereocenters. The molecular formula is C14H26N2O4. The van der Waals surface area contributed by atoms with Crippen molar-refractivity contribution >= 4 is 18.2 Å². The molecule has 0 aliphatic carbocycles. The first-order chi connectivity index (χ1) is 9.05. The average Bonchev–Trinajstić information content (AvgIpc) is 2.24. The topological polar surface area (TPSA) is 98.5 Å². The first-order valence-corrected chi connectivity index (χ1v) is 6.78. The van der Waals surface area contributed by atoms with Crippen LogP contribution in [0.1, 0.15) is 47.5 Å². The number of aldehydes is 1. The zero-order valence-corrected chi connectivity index (χ0v) is 12.9. The fraction of sp³-hybridized carbons (Fsp3) is 0.786. The lowest BCUT2D eigenvalue weighted by Gasteiger charge is -2.21. The van der Waals surface area contributed by atoms with Gasteiger partial charge in [-0.3, -0.25) is 9.59 Å². The summed E-state index contributed by atoms with van der Waals surface area (Å²) in [6.45, 7) is 9.10. The summed E-state index contributed by atoms with van der Waals surface area (Å²) >= 11 is 0. The standard InChI is InChI=1S/C14H26N2O4/c1-9(2)6-11(15)13(19)16-10(8-17)7-12(18)20-14(3,4)5/h8-11H,6-7,15H2,1-5H3,(H,16,19)/t10-,11-/m0/s1. The van der Waals surface area contributed by atoms with E-state index >= 15 is 0 Å². The summed E-state index contributed by atoms with van der Waals surface area (Å²) in [7, 11) is 0. The molecule has 0 radical (unpaired) electrons. The van der Waals surface area contributed by atoms with Crippen molar-refractivity contribution in [3.8, 4) is 0 Å². The van der Waals surface area contributed by atoms with Gasteiger partial charge in [-0.15, -0.1) is 0 Å². The third kappa shape index (κ3) is 8.63. The minimum Gasteiger partial charge on any atom is -0.460 e. The Hall–Kier alpha value is -1.43. The highest BCUT2D eigenvalue weighted by molar-refractivity contribution is 5.86. The molecular weight excluding hydrogens is 260 g/mol. The predicted octanol–water partition coefficient (Wildman–Crippen LogP) is 0.775. The van der Waals surface area contributed by atoms with Gasteiger partial charge in [-0.25, -0.2) is 0 Å². The third-order valence-electron chi connectivity index (χ3n) is 2.36. The number of carbonyl (C=O) groups is 3. The normalized spacial score (nSPS) is 14.6. The van der Waals surface area contributed by atoms with E-state index in [1.54, 1.807) is 20.8 Å². The van der Waals surface area contributed by atoms with Gasteiger partial charge in [-0.2, -0.15) is 0 Å². The van der Waals surface area contributed by atoms with E-state index < -0.39 is 29.6 Å². The number of ether oxygens (including phenoxy) is 1. The first kappa shape index (κ1) is 18.6. The Labute approximate surface area is 120 Å². The molecule has 0 aromatic rings. The van der Waals surface area contributed by atoms with Crippen LogP contribution >= 0.6 is 0 Å². The molecule has 0 spiro atoms. The van der Waals surface area contributed by atoms with Gasteiger partial charge < -0.3 is 20.6 Å². The van der Waals surface area contributed by atoms with Crippen LogP contribution in [0.4, 0.5) is 0 Å². The molecule has 0 aromatic heterocycles. The number of amides is 1. The summed E-state index contributed by atoms with van der Waals surface area (Å²) in [5, 5.41) is 2.46. The first-order valence-electron chi connectivity index (χ1n) is 6.78. The molecule has 116 valence electrons. The molecule has 3 N–H and O–H groups in total. The average molecular weight is 286 g/mol. The number of hydrogen-bond acceptors (Lipinski definition) is 5. The Balaban J connectivity index is 4.38. The molecule has 0 aliphatic heterocycles. The summed E-state index contributed by atoms with van der Waals surface area (Å²) < 4.78 is 5.10. The fourth-order valence-corrected chi connectivity index (χ4v) is 1.60. The SMILES string of the molecule is CC(C)C[C@H](N)C(=O)N[C@H](C=O)CC(=O)OC(C)(C)C. The van der Waals surface area contributed by atoms with Gasteiger partial charge in [0.25, 0.3) is 0 Å². The van der Waals surface area contributed by atoms with Crippen LogP contribution in [-0.4, -0.2) is 35.8 Å². The second kappa shape index (κ2) is 7.99. The lowest BCUT2D eigenvalue weighted by molar-refractivity contribution is -0.155. The number of hydrogen-bond donors (Lipinski definition) is 2. The van der Waals surface area contributed by atoms with Crippen LogP contribution in [0.15, 0.2) is 0 Å². The summed E-state index contributed by atoms with van der Waals surface area (Å²) in [6.07, 6.45) is 0.842. The van der Waals surface area contributed by atoms with E-state index in [1.807, 2.05) is 13.8 Å². The van der Waals surface area contributed by atoms with Crippen LogP contribution in [-0.2, 0) is 19.1 Å². The molecule has 0 saturated carbocycles. The molecule has 0 rings (SSSR count). The van der Waals surface area contributed by atoms with E-state index in [0.717, 1.165) is 0 Å². The van der Waals surface area contributed by atoms with Crippen molar-refractivity contribution in [2.45, 2.75) is 65.1 Å². The third-order valence-corrected chi connectivity index (χ3v) is 2.36. The maximum atomic E-state index is 11.8. The number of carbonyl (C=O) groups excluding carboxylic acids is 3. The predicted molar refractivity (Wildman–Crippen MR) is 75.9 cm³/mol. The van der Waals surface area contributed by atoms with Gasteiger partial charge >= 0.3 is 5.97 Å². The number of rotatable bonds is 7. The molecule has 0 fully saturated rings. The highest BCUT2D eigenvalue weighted by atomic mass is 16.6. The van der Waals surface area contributed by atoms with Crippen molar-refractivity contribution in [1.29, 1.82) is 0 Å². The maximum absolute atomic E-state index is 11.8. The van der Waals surface area contributed by atoms with E-state index in [4.69, 9.17) is 10.5 Å². The van der Waals surface area contributed by atoms with Gasteiger partial charge in [0, 0.05) is 0 Å². The molecule has 0 bridgehead atoms. The van der Waals surface area contributed by atoms with Crippen LogP contribution in [0.3, 0.4) is 0 Å². The highest BCUT2D eigenvalue weighted by Gasteiger charge is 2.23. The van der Waals surface area contributed by atoms with Crippen molar-refractivity contribution in [3.63, 3.8) is 0 Å². The Bertz CT molecular complexity index is 348. The van der Waals surface area contributed by atoms with Crippen molar-refractivity contribution in [1.82, 2.24) is 5.32 Å². The summed E-state index contributed by atoms with van der Waals surface area (Å²) in [5.74, 6) is -0.692. The molecule has 6 nitrogen and oxygen atoms in total. The van der Waals surface area contributed by atoms with E-state index in [0.29, 0.717) is 12.7 Å². The second-order valence-corrected chi connectivity index (χ2v) is 6.28. The molecule has 2 atom stereocenters. The van der Waals surface area contributed by atoms with Gasteiger partial charge in [0.15, 0.2) is 0 Å². The van der Waals surface area contributed by atoms with E-state index in [9.17, 15) is 14.4 Å². The minimum absolute atomic E-state index is 0.194. The Morgan fingerprint density at radius 3 is 2.25 bits per heavy atom. The van der Waals surface area contributed by atoms with Crippen molar-refractivity contribution in [2.24, 2.45) is 11.7 Å². The smallest absolute Gasteiger partial charge is 0.308 e. The van der Waals surface area contributed by atoms with Gasteiger partial charge in [0.05, 0.1) is 18.5 Å². The lowest BCUT2D eigenvalue weighted by atomic mass is 10.0. The fourth-order valence-electron chi connectivity index (χ4n) is 1.60. The monoisotopic (exact) mass is 286 g/mol. The zero-order chi connectivity index (χ0) is 15.9. The molecule has 0 saturated heterocycles. The summed E-state index contributed by atoms with van der Waals surface area (Å²) in [5.41, 5.74) is 5.09. The largest absolute Gasteiger partial charge is 0.460 e. The number of nitrogens with one attached hydrogen (secondary N) is 1. The summed E-state index contributed by atoms with van der Waals surface area (Å²) in [4.78, 5) is 34.3. The van der Waals surface area contributed by atoms with Crippen molar-refractivity contribution in [3.05, 3.63) is 0 Å². The lowest BCUT2D eigenvalue weighted by Crippen LogP contribution is -2.47. The van der Waals surface area contributed by atoms with E-state index in [2.05, 4.69) is 5.32 Å². The molecule has 0 aliphatic rings. The molecule has 6 heteroatoms. The quantitative estimate of drug-likeness (QED) is 0.532. The zero-order valence-electron chi connectivity index (χ0n) is 12.9. The Morgan fingerprint density at radius 1 is 1.30 bits per heavy atom. The van der Waals surface area contributed by atoms with Crippen LogP contribution in [0, 0.1) is 5.92 Å². The van der Waals surface area contributed by atoms with Crippen molar-refractivity contribution < 1.29 is 19.1 Å². The maximum Gasteiger partial charge on any atom is 0.308 e. The molecule has 0 aromatic carbocycles.